The summed E-state index contributed by atoms with van der Waals surface area (Å²) >= 11 is 6.08. The van der Waals surface area contributed by atoms with Gasteiger partial charge in [0.25, 0.3) is 5.91 Å². The molecule has 0 saturated carbocycles. The number of hydrogen-bond donors (Lipinski definition) is 1. The Kier molecular flexibility index (Phi) is 4.86. The number of nitrogens with zero attached hydrogens (tertiary/aromatic N) is 1. The summed E-state index contributed by atoms with van der Waals surface area (Å²) in [6.07, 6.45) is 0.138. The quantitative estimate of drug-likeness (QED) is 0.867. The molecule has 1 aliphatic rings. The molecule has 138 valence electrons. The minimum Gasteiger partial charge on any atom is -0.476 e. The van der Waals surface area contributed by atoms with Crippen molar-refractivity contribution in [3.8, 4) is 5.75 Å². The van der Waals surface area contributed by atoms with Crippen LogP contribution >= 0.6 is 11.6 Å². The minimum atomic E-state index is -3.56. The lowest BCUT2D eigenvalue weighted by atomic mass is 10.1. The van der Waals surface area contributed by atoms with Crippen LogP contribution in [-0.4, -0.2) is 33.2 Å². The molecule has 1 N–H and O–H groups in total. The van der Waals surface area contributed by atoms with Gasteiger partial charge in [0.05, 0.1) is 18.5 Å². The van der Waals surface area contributed by atoms with Crippen LogP contribution in [-0.2, 0) is 14.8 Å². The number of benzene rings is 2. The topological polar surface area (TPSA) is 75.7 Å². The number of aryl methyl sites for hydroxylation is 1. The normalized spacial score (nSPS) is 16.6. The van der Waals surface area contributed by atoms with E-state index in [1.54, 1.807) is 43.3 Å². The monoisotopic (exact) mass is 394 g/mol. The standard InChI is InChI=1S/C18H19ClN2O4S/c1-11-7-8-16-15(9-11)21(26(3,23)24)10-17(25-16)18(22)20-14-6-4-5-13(19)12(14)2/h4-9,17H,10H2,1-3H3,(H,20,22)/t17-/m1/s1. The first-order valence-electron chi connectivity index (χ1n) is 7.98. The van der Waals surface area contributed by atoms with E-state index in [1.165, 1.54) is 4.31 Å². The van der Waals surface area contributed by atoms with Gasteiger partial charge in [0.2, 0.25) is 10.0 Å². The number of nitrogens with one attached hydrogen (secondary N) is 1. The predicted octanol–water partition coefficient (Wildman–Crippen LogP) is 3.12. The van der Waals surface area contributed by atoms with E-state index in [1.807, 2.05) is 6.92 Å². The van der Waals surface area contributed by atoms with Crippen LogP contribution in [0.15, 0.2) is 36.4 Å². The van der Waals surface area contributed by atoms with Crippen LogP contribution in [0.5, 0.6) is 5.75 Å². The van der Waals surface area contributed by atoms with E-state index in [2.05, 4.69) is 5.32 Å². The summed E-state index contributed by atoms with van der Waals surface area (Å²) in [6, 6.07) is 10.4. The zero-order chi connectivity index (χ0) is 19.1. The Morgan fingerprint density at radius 1 is 1.27 bits per heavy atom. The van der Waals surface area contributed by atoms with Crippen molar-refractivity contribution < 1.29 is 17.9 Å². The molecule has 8 heteroatoms. The maximum absolute atomic E-state index is 12.7. The molecule has 0 saturated heterocycles. The van der Waals surface area contributed by atoms with Crippen LogP contribution in [0.3, 0.4) is 0 Å². The van der Waals surface area contributed by atoms with Crippen LogP contribution in [0.4, 0.5) is 11.4 Å². The fourth-order valence-corrected chi connectivity index (χ4v) is 3.85. The molecule has 0 spiro atoms. The summed E-state index contributed by atoms with van der Waals surface area (Å²) < 4.78 is 31.4. The molecule has 1 atom stereocenters. The highest BCUT2D eigenvalue weighted by Gasteiger charge is 2.35. The third kappa shape index (κ3) is 3.64. The Bertz CT molecular complexity index is 975. The number of halogens is 1. The summed E-state index contributed by atoms with van der Waals surface area (Å²) in [6.45, 7) is 3.56. The second kappa shape index (κ2) is 6.81. The van der Waals surface area contributed by atoms with E-state index >= 15 is 0 Å². The minimum absolute atomic E-state index is 0.0965. The van der Waals surface area contributed by atoms with Crippen molar-refractivity contribution >= 4 is 38.9 Å². The van der Waals surface area contributed by atoms with Crippen LogP contribution < -0.4 is 14.4 Å². The predicted molar refractivity (Wildman–Crippen MR) is 103 cm³/mol. The summed E-state index contributed by atoms with van der Waals surface area (Å²) in [7, 11) is -3.56. The van der Waals surface area contributed by atoms with Gasteiger partial charge in [-0.15, -0.1) is 0 Å². The lowest BCUT2D eigenvalue weighted by Crippen LogP contribution is -2.48. The van der Waals surface area contributed by atoms with Gasteiger partial charge in [-0.25, -0.2) is 8.42 Å². The molecule has 2 aromatic carbocycles. The van der Waals surface area contributed by atoms with E-state index in [9.17, 15) is 13.2 Å². The molecule has 26 heavy (non-hydrogen) atoms. The van der Waals surface area contributed by atoms with Gasteiger partial charge in [0.1, 0.15) is 5.75 Å². The van der Waals surface area contributed by atoms with Gasteiger partial charge in [-0.3, -0.25) is 9.10 Å². The second-order valence-corrected chi connectivity index (χ2v) is 8.59. The Labute approximate surface area is 157 Å². The van der Waals surface area contributed by atoms with Crippen LogP contribution in [0, 0.1) is 13.8 Å². The second-order valence-electron chi connectivity index (χ2n) is 6.27. The Morgan fingerprint density at radius 2 is 2.00 bits per heavy atom. The number of rotatable bonds is 3. The highest BCUT2D eigenvalue weighted by atomic mass is 35.5. The largest absolute Gasteiger partial charge is 0.476 e. The highest BCUT2D eigenvalue weighted by molar-refractivity contribution is 7.92. The molecule has 2 aromatic rings. The third-order valence-corrected chi connectivity index (χ3v) is 5.76. The number of amides is 1. The molecule has 0 aliphatic carbocycles. The molecule has 6 nitrogen and oxygen atoms in total. The van der Waals surface area contributed by atoms with Crippen molar-refractivity contribution in [2.45, 2.75) is 20.0 Å². The van der Waals surface area contributed by atoms with E-state index in [0.29, 0.717) is 22.1 Å². The molecule has 0 unspecified atom stereocenters. The molecule has 0 aromatic heterocycles. The Hall–Kier alpha value is -2.25. The molecule has 0 bridgehead atoms. The first-order valence-corrected chi connectivity index (χ1v) is 10.2. The maximum Gasteiger partial charge on any atom is 0.267 e. The van der Waals surface area contributed by atoms with Crippen molar-refractivity contribution in [3.63, 3.8) is 0 Å². The smallest absolute Gasteiger partial charge is 0.267 e. The summed E-state index contributed by atoms with van der Waals surface area (Å²) in [5.41, 5.74) is 2.63. The van der Waals surface area contributed by atoms with E-state index in [0.717, 1.165) is 17.4 Å². The summed E-state index contributed by atoms with van der Waals surface area (Å²) in [4.78, 5) is 12.7. The molecule has 1 amide bonds. The van der Waals surface area contributed by atoms with Crippen LogP contribution in [0.1, 0.15) is 11.1 Å². The summed E-state index contributed by atoms with van der Waals surface area (Å²) in [5.74, 6) is -0.0783. The number of sulfonamides is 1. The van der Waals surface area contributed by atoms with Gasteiger partial charge >= 0.3 is 0 Å². The summed E-state index contributed by atoms with van der Waals surface area (Å²) in [5, 5.41) is 3.30. The number of carbonyl (C=O) groups excluding carboxylic acids is 1. The molecular formula is C18H19ClN2O4S. The zero-order valence-corrected chi connectivity index (χ0v) is 16.2. The number of ether oxygens (including phenoxy) is 1. The third-order valence-electron chi connectivity index (χ3n) is 4.20. The molecule has 1 aliphatic heterocycles. The van der Waals surface area contributed by atoms with E-state index in [-0.39, 0.29) is 6.54 Å². The molecule has 1 heterocycles. The van der Waals surface area contributed by atoms with Crippen molar-refractivity contribution in [2.75, 3.05) is 22.4 Å². The molecule has 0 radical (unpaired) electrons. The lowest BCUT2D eigenvalue weighted by molar-refractivity contribution is -0.122. The van der Waals surface area contributed by atoms with Gasteiger partial charge in [0.15, 0.2) is 6.10 Å². The van der Waals surface area contributed by atoms with Gasteiger partial charge in [-0.1, -0.05) is 23.7 Å². The first-order chi connectivity index (χ1) is 12.2. The number of hydrogen-bond acceptors (Lipinski definition) is 4. The molecular weight excluding hydrogens is 376 g/mol. The zero-order valence-electron chi connectivity index (χ0n) is 14.6. The lowest BCUT2D eigenvalue weighted by Gasteiger charge is -2.34. The fourth-order valence-electron chi connectivity index (χ4n) is 2.77. The average Bonchev–Trinajstić information content (AvgIpc) is 2.57. The Morgan fingerprint density at radius 3 is 2.69 bits per heavy atom. The average molecular weight is 395 g/mol. The highest BCUT2D eigenvalue weighted by Crippen LogP contribution is 2.36. The van der Waals surface area contributed by atoms with Gasteiger partial charge in [-0.05, 0) is 49.2 Å². The van der Waals surface area contributed by atoms with Crippen molar-refractivity contribution in [3.05, 3.63) is 52.5 Å². The molecule has 3 rings (SSSR count). The van der Waals surface area contributed by atoms with Crippen LogP contribution in [0.2, 0.25) is 5.02 Å². The van der Waals surface area contributed by atoms with E-state index in [4.69, 9.17) is 16.3 Å². The first kappa shape index (κ1) is 18.5. The van der Waals surface area contributed by atoms with Crippen molar-refractivity contribution in [1.29, 1.82) is 0 Å². The number of anilines is 2. The fraction of sp³-hybridized carbons (Fsp3) is 0.278. The SMILES string of the molecule is Cc1ccc2c(c1)N(S(C)(=O)=O)C[C@H](C(=O)Nc1cccc(Cl)c1C)O2. The van der Waals surface area contributed by atoms with Gasteiger partial charge in [-0.2, -0.15) is 0 Å². The maximum atomic E-state index is 12.7. The number of carbonyl (C=O) groups is 1. The van der Waals surface area contributed by atoms with Crippen LogP contribution in [0.25, 0.3) is 0 Å². The van der Waals surface area contributed by atoms with E-state index < -0.39 is 22.0 Å². The Balaban J connectivity index is 1.91. The van der Waals surface area contributed by atoms with Gasteiger partial charge in [0, 0.05) is 10.7 Å². The molecule has 0 fully saturated rings. The van der Waals surface area contributed by atoms with Crippen molar-refractivity contribution in [1.82, 2.24) is 0 Å². The number of fused-ring (bicyclic) bond motifs is 1. The van der Waals surface area contributed by atoms with Gasteiger partial charge < -0.3 is 10.1 Å². The van der Waals surface area contributed by atoms with Crippen molar-refractivity contribution in [2.24, 2.45) is 0 Å².